The van der Waals surface area contributed by atoms with Crippen LogP contribution < -0.4 is 21.3 Å². The van der Waals surface area contributed by atoms with Crippen LogP contribution in [0.2, 0.25) is 0 Å². The molecule has 1 aliphatic rings. The standard InChI is InChI=1S/C17H19N3O6/c1-10-9-20(16(23)19-15(10)22)14-7-12(21)13(26-14)8-18-17(24)25-11-5-3-2-4-6-11/h2-6,9,12-14,21H,7-8H2,1H3,(H,18,24)(H,19,22,23). The molecule has 26 heavy (non-hydrogen) atoms. The monoisotopic (exact) mass is 361 g/mol. The van der Waals surface area contributed by atoms with Gasteiger partial charge >= 0.3 is 11.8 Å². The van der Waals surface area contributed by atoms with Gasteiger partial charge in [0, 0.05) is 24.7 Å². The Morgan fingerprint density at radius 2 is 2.12 bits per heavy atom. The second-order valence-corrected chi connectivity index (χ2v) is 5.99. The maximum Gasteiger partial charge on any atom is 0.412 e. The van der Waals surface area contributed by atoms with E-state index < -0.39 is 35.8 Å². The number of hydrogen-bond acceptors (Lipinski definition) is 6. The summed E-state index contributed by atoms with van der Waals surface area (Å²) in [6.45, 7) is 1.58. The number of carbonyl (C=O) groups is 1. The van der Waals surface area contributed by atoms with Crippen molar-refractivity contribution in [2.75, 3.05) is 6.54 Å². The zero-order valence-corrected chi connectivity index (χ0v) is 14.0. The van der Waals surface area contributed by atoms with E-state index in [-0.39, 0.29) is 13.0 Å². The Bertz CT molecular complexity index is 891. The number of aromatic nitrogens is 2. The van der Waals surface area contributed by atoms with Crippen molar-refractivity contribution in [2.45, 2.75) is 31.8 Å². The summed E-state index contributed by atoms with van der Waals surface area (Å²) in [5, 5.41) is 12.7. The maximum atomic E-state index is 11.9. The fourth-order valence-corrected chi connectivity index (χ4v) is 2.69. The highest BCUT2D eigenvalue weighted by Crippen LogP contribution is 2.27. The minimum absolute atomic E-state index is 0.0143. The topological polar surface area (TPSA) is 123 Å². The van der Waals surface area contributed by atoms with Crippen LogP contribution >= 0.6 is 0 Å². The van der Waals surface area contributed by atoms with Gasteiger partial charge in [-0.2, -0.15) is 0 Å². The molecule has 3 rings (SSSR count). The summed E-state index contributed by atoms with van der Waals surface area (Å²) in [5.41, 5.74) is -0.725. The van der Waals surface area contributed by atoms with Crippen molar-refractivity contribution in [1.82, 2.24) is 14.9 Å². The van der Waals surface area contributed by atoms with Crippen LogP contribution in [0.15, 0.2) is 46.1 Å². The third-order valence-electron chi connectivity index (χ3n) is 4.06. The Kier molecular flexibility index (Phi) is 5.19. The maximum absolute atomic E-state index is 11.9. The predicted octanol–water partition coefficient (Wildman–Crippen LogP) is 0.282. The number of benzene rings is 1. The summed E-state index contributed by atoms with van der Waals surface area (Å²) < 4.78 is 12.0. The molecule has 0 aliphatic carbocycles. The summed E-state index contributed by atoms with van der Waals surface area (Å²) in [6, 6.07) is 8.55. The number of hydrogen-bond donors (Lipinski definition) is 3. The van der Waals surface area contributed by atoms with E-state index in [2.05, 4.69) is 10.3 Å². The number of aromatic amines is 1. The van der Waals surface area contributed by atoms with E-state index in [1.807, 2.05) is 0 Å². The molecule has 0 spiro atoms. The van der Waals surface area contributed by atoms with Gasteiger partial charge in [-0.05, 0) is 19.1 Å². The SMILES string of the molecule is Cc1cn(C2CC(O)C(CNC(=O)Oc3ccccc3)O2)c(=O)[nH]c1=O. The Morgan fingerprint density at radius 3 is 2.85 bits per heavy atom. The first-order valence-electron chi connectivity index (χ1n) is 8.10. The molecule has 1 aliphatic heterocycles. The van der Waals surface area contributed by atoms with Gasteiger partial charge in [0.25, 0.3) is 5.56 Å². The van der Waals surface area contributed by atoms with E-state index in [9.17, 15) is 19.5 Å². The van der Waals surface area contributed by atoms with Crippen LogP contribution in [-0.4, -0.2) is 39.5 Å². The van der Waals surface area contributed by atoms with Crippen LogP contribution in [-0.2, 0) is 4.74 Å². The molecule has 1 fully saturated rings. The summed E-state index contributed by atoms with van der Waals surface area (Å²) in [6.07, 6.45) is -1.44. The highest BCUT2D eigenvalue weighted by atomic mass is 16.6. The van der Waals surface area contributed by atoms with Gasteiger partial charge in [-0.25, -0.2) is 9.59 Å². The molecule has 0 radical (unpaired) electrons. The molecule has 2 aromatic rings. The van der Waals surface area contributed by atoms with Gasteiger partial charge < -0.3 is 19.9 Å². The number of ether oxygens (including phenoxy) is 2. The van der Waals surface area contributed by atoms with Crippen LogP contribution in [0.5, 0.6) is 5.75 Å². The van der Waals surface area contributed by atoms with E-state index in [1.54, 1.807) is 37.3 Å². The molecule has 1 saturated heterocycles. The van der Waals surface area contributed by atoms with Gasteiger partial charge in [0.05, 0.1) is 6.10 Å². The van der Waals surface area contributed by atoms with E-state index in [0.29, 0.717) is 11.3 Å². The summed E-state index contributed by atoms with van der Waals surface area (Å²) in [5.74, 6) is 0.394. The molecule has 1 aromatic carbocycles. The van der Waals surface area contributed by atoms with E-state index >= 15 is 0 Å². The van der Waals surface area contributed by atoms with Gasteiger partial charge in [-0.3, -0.25) is 14.3 Å². The lowest BCUT2D eigenvalue weighted by Gasteiger charge is -2.16. The summed E-state index contributed by atoms with van der Waals surface area (Å²) >= 11 is 0. The summed E-state index contributed by atoms with van der Waals surface area (Å²) in [7, 11) is 0. The second kappa shape index (κ2) is 7.54. The van der Waals surface area contributed by atoms with Gasteiger partial charge in [-0.15, -0.1) is 0 Å². The molecule has 1 amide bonds. The quantitative estimate of drug-likeness (QED) is 0.719. The Morgan fingerprint density at radius 1 is 1.38 bits per heavy atom. The molecule has 9 nitrogen and oxygen atoms in total. The average Bonchev–Trinajstić information content (AvgIpc) is 2.98. The van der Waals surface area contributed by atoms with Crippen molar-refractivity contribution in [1.29, 1.82) is 0 Å². The lowest BCUT2D eigenvalue weighted by Crippen LogP contribution is -2.38. The third kappa shape index (κ3) is 4.01. The smallest absolute Gasteiger partial charge is 0.410 e. The molecule has 0 bridgehead atoms. The number of aliphatic hydroxyl groups excluding tert-OH is 1. The fraction of sp³-hybridized carbons (Fsp3) is 0.353. The van der Waals surface area contributed by atoms with Crippen LogP contribution in [0.3, 0.4) is 0 Å². The van der Waals surface area contributed by atoms with Crippen molar-refractivity contribution in [3.8, 4) is 5.75 Å². The van der Waals surface area contributed by atoms with Crippen LogP contribution in [0.1, 0.15) is 18.2 Å². The molecule has 3 N–H and O–H groups in total. The first-order valence-corrected chi connectivity index (χ1v) is 8.10. The van der Waals surface area contributed by atoms with Gasteiger partial charge in [0.1, 0.15) is 18.1 Å². The van der Waals surface area contributed by atoms with E-state index in [4.69, 9.17) is 9.47 Å². The number of amides is 1. The number of H-pyrrole nitrogens is 1. The number of nitrogens with one attached hydrogen (secondary N) is 2. The minimum atomic E-state index is -0.879. The van der Waals surface area contributed by atoms with E-state index in [1.165, 1.54) is 10.8 Å². The lowest BCUT2D eigenvalue weighted by molar-refractivity contribution is -0.0185. The Labute approximate surface area is 148 Å². The number of nitrogens with zero attached hydrogens (tertiary/aromatic N) is 1. The summed E-state index contributed by atoms with van der Waals surface area (Å²) in [4.78, 5) is 37.4. The van der Waals surface area contributed by atoms with Crippen molar-refractivity contribution in [2.24, 2.45) is 0 Å². The highest BCUT2D eigenvalue weighted by Gasteiger charge is 2.35. The van der Waals surface area contributed by atoms with Gasteiger partial charge in [0.2, 0.25) is 0 Å². The molecule has 0 saturated carbocycles. The predicted molar refractivity (Wildman–Crippen MR) is 91.1 cm³/mol. The molecular weight excluding hydrogens is 342 g/mol. The molecule has 3 unspecified atom stereocenters. The average molecular weight is 361 g/mol. The number of carbonyl (C=O) groups excluding carboxylic acids is 1. The van der Waals surface area contributed by atoms with Gasteiger partial charge in [-0.1, -0.05) is 18.2 Å². The van der Waals surface area contributed by atoms with Crippen molar-refractivity contribution < 1.29 is 19.4 Å². The van der Waals surface area contributed by atoms with Crippen LogP contribution in [0.4, 0.5) is 4.79 Å². The van der Waals surface area contributed by atoms with Crippen LogP contribution in [0.25, 0.3) is 0 Å². The molecular formula is C17H19N3O6. The molecule has 138 valence electrons. The highest BCUT2D eigenvalue weighted by molar-refractivity contribution is 5.70. The van der Waals surface area contributed by atoms with Crippen molar-refractivity contribution >= 4 is 6.09 Å². The third-order valence-corrected chi connectivity index (χ3v) is 4.06. The largest absolute Gasteiger partial charge is 0.412 e. The molecule has 1 aromatic heterocycles. The Hall–Kier alpha value is -2.91. The molecule has 9 heteroatoms. The number of para-hydroxylation sites is 1. The second-order valence-electron chi connectivity index (χ2n) is 5.99. The first-order chi connectivity index (χ1) is 12.4. The zero-order chi connectivity index (χ0) is 18.7. The zero-order valence-electron chi connectivity index (χ0n) is 14.0. The van der Waals surface area contributed by atoms with E-state index in [0.717, 1.165) is 0 Å². The van der Waals surface area contributed by atoms with Gasteiger partial charge in [0.15, 0.2) is 0 Å². The fourth-order valence-electron chi connectivity index (χ4n) is 2.69. The first kappa shape index (κ1) is 17.9. The lowest BCUT2D eigenvalue weighted by atomic mass is 10.2. The number of aliphatic hydroxyl groups is 1. The van der Waals surface area contributed by atoms with Crippen molar-refractivity contribution in [3.63, 3.8) is 0 Å². The molecule has 2 heterocycles. The molecule has 3 atom stereocenters. The number of aryl methyl sites for hydroxylation is 1. The Balaban J connectivity index is 1.59. The number of rotatable bonds is 4. The van der Waals surface area contributed by atoms with Crippen molar-refractivity contribution in [3.05, 3.63) is 62.9 Å². The normalized spacial score (nSPS) is 22.2. The minimum Gasteiger partial charge on any atom is -0.410 e. The van der Waals surface area contributed by atoms with Crippen LogP contribution in [0, 0.1) is 6.92 Å².